The Morgan fingerprint density at radius 2 is 2.05 bits per heavy atom. The van der Waals surface area contributed by atoms with Crippen molar-refractivity contribution in [2.24, 2.45) is 5.92 Å². The number of aryl methyl sites for hydroxylation is 1. The van der Waals surface area contributed by atoms with Gasteiger partial charge in [-0.2, -0.15) is 0 Å². The molecule has 19 heavy (non-hydrogen) atoms. The first-order chi connectivity index (χ1) is 9.10. The minimum Gasteiger partial charge on any atom is -0.496 e. The summed E-state index contributed by atoms with van der Waals surface area (Å²) in [6.45, 7) is 8.80. The van der Waals surface area contributed by atoms with Crippen molar-refractivity contribution in [3.05, 3.63) is 28.3 Å². The van der Waals surface area contributed by atoms with Gasteiger partial charge >= 0.3 is 0 Å². The van der Waals surface area contributed by atoms with Crippen molar-refractivity contribution in [2.45, 2.75) is 33.2 Å². The zero-order valence-electron chi connectivity index (χ0n) is 12.8. The normalized spacial score (nSPS) is 20.6. The molecule has 0 aromatic heterocycles. The highest BCUT2D eigenvalue weighted by atomic mass is 16.5. The fourth-order valence-corrected chi connectivity index (χ4v) is 3.33. The molecule has 2 atom stereocenters. The summed E-state index contributed by atoms with van der Waals surface area (Å²) in [7, 11) is 3.82. The van der Waals surface area contributed by atoms with Crippen molar-refractivity contribution in [3.8, 4) is 5.75 Å². The highest BCUT2D eigenvalue weighted by molar-refractivity contribution is 5.49. The van der Waals surface area contributed by atoms with Crippen molar-refractivity contribution < 1.29 is 4.74 Å². The molecule has 0 radical (unpaired) electrons. The van der Waals surface area contributed by atoms with Crippen LogP contribution in [0.4, 0.5) is 0 Å². The van der Waals surface area contributed by atoms with Gasteiger partial charge in [-0.3, -0.25) is 0 Å². The Kier molecular flexibility index (Phi) is 4.48. The third kappa shape index (κ3) is 2.63. The molecular weight excluding hydrogens is 236 g/mol. The highest BCUT2D eigenvalue weighted by Crippen LogP contribution is 2.35. The summed E-state index contributed by atoms with van der Waals surface area (Å²) in [5.74, 6) is 1.67. The van der Waals surface area contributed by atoms with Gasteiger partial charge < -0.3 is 15.4 Å². The average molecular weight is 262 g/mol. The Bertz CT molecular complexity index is 451. The fourth-order valence-electron chi connectivity index (χ4n) is 3.33. The van der Waals surface area contributed by atoms with Crippen LogP contribution in [0.5, 0.6) is 5.75 Å². The summed E-state index contributed by atoms with van der Waals surface area (Å²) in [6.07, 6.45) is 1.25. The predicted octanol–water partition coefficient (Wildman–Crippen LogP) is 2.49. The summed E-state index contributed by atoms with van der Waals surface area (Å²) in [4.78, 5) is 0. The third-order valence-electron chi connectivity index (χ3n) is 4.52. The topological polar surface area (TPSA) is 33.3 Å². The molecule has 1 heterocycles. The molecule has 2 rings (SSSR count). The molecule has 1 aromatic rings. The molecule has 1 aliphatic heterocycles. The number of hydrogen-bond acceptors (Lipinski definition) is 3. The molecule has 1 aliphatic rings. The molecule has 0 aliphatic carbocycles. The summed E-state index contributed by atoms with van der Waals surface area (Å²) in [5.41, 5.74) is 5.40. The smallest absolute Gasteiger partial charge is 0.122 e. The van der Waals surface area contributed by atoms with Crippen LogP contribution in [0.3, 0.4) is 0 Å². The monoisotopic (exact) mass is 262 g/mol. The van der Waals surface area contributed by atoms with E-state index in [0.717, 1.165) is 18.8 Å². The van der Waals surface area contributed by atoms with Crippen molar-refractivity contribution in [2.75, 3.05) is 27.2 Å². The van der Waals surface area contributed by atoms with Crippen LogP contribution >= 0.6 is 0 Å². The zero-order chi connectivity index (χ0) is 14.0. The zero-order valence-corrected chi connectivity index (χ0v) is 12.8. The Labute approximate surface area is 116 Å². The van der Waals surface area contributed by atoms with Crippen LogP contribution in [0.25, 0.3) is 0 Å². The Hall–Kier alpha value is -1.06. The Morgan fingerprint density at radius 1 is 1.32 bits per heavy atom. The van der Waals surface area contributed by atoms with Gasteiger partial charge in [0, 0.05) is 6.04 Å². The summed E-state index contributed by atoms with van der Waals surface area (Å²) in [5, 5.41) is 6.99. The fraction of sp³-hybridized carbons (Fsp3) is 0.625. The summed E-state index contributed by atoms with van der Waals surface area (Å²) in [6, 6.07) is 2.60. The van der Waals surface area contributed by atoms with Gasteiger partial charge in [-0.25, -0.2) is 0 Å². The van der Waals surface area contributed by atoms with E-state index in [2.05, 4.69) is 44.5 Å². The van der Waals surface area contributed by atoms with E-state index < -0.39 is 0 Å². The van der Waals surface area contributed by atoms with Gasteiger partial charge in [0.25, 0.3) is 0 Å². The van der Waals surface area contributed by atoms with Crippen LogP contribution in [0.1, 0.15) is 34.7 Å². The van der Waals surface area contributed by atoms with Gasteiger partial charge in [-0.05, 0) is 81.6 Å². The second-order valence-corrected chi connectivity index (χ2v) is 5.58. The maximum atomic E-state index is 5.47. The van der Waals surface area contributed by atoms with Crippen molar-refractivity contribution in [3.63, 3.8) is 0 Å². The Morgan fingerprint density at radius 3 is 2.58 bits per heavy atom. The Balaban J connectivity index is 2.45. The van der Waals surface area contributed by atoms with E-state index >= 15 is 0 Å². The molecule has 0 spiro atoms. The molecule has 2 N–H and O–H groups in total. The first-order valence-corrected chi connectivity index (χ1v) is 7.12. The van der Waals surface area contributed by atoms with E-state index in [-0.39, 0.29) is 0 Å². The lowest BCUT2D eigenvalue weighted by Gasteiger charge is -2.28. The van der Waals surface area contributed by atoms with Crippen LogP contribution in [0, 0.1) is 26.7 Å². The first-order valence-electron chi connectivity index (χ1n) is 7.12. The van der Waals surface area contributed by atoms with E-state index in [0.29, 0.717) is 12.0 Å². The van der Waals surface area contributed by atoms with E-state index in [1.807, 2.05) is 0 Å². The average Bonchev–Trinajstić information content (AvgIpc) is 2.92. The van der Waals surface area contributed by atoms with Crippen LogP contribution in [0.15, 0.2) is 6.07 Å². The molecule has 2 unspecified atom stereocenters. The van der Waals surface area contributed by atoms with Crippen LogP contribution in [-0.4, -0.2) is 27.2 Å². The minimum atomic E-state index is 0.430. The lowest BCUT2D eigenvalue weighted by molar-refractivity contribution is 0.399. The van der Waals surface area contributed by atoms with E-state index in [1.165, 1.54) is 28.7 Å². The largest absolute Gasteiger partial charge is 0.496 e. The number of nitrogens with one attached hydrogen (secondary N) is 2. The number of methoxy groups -OCH3 is 1. The van der Waals surface area contributed by atoms with Gasteiger partial charge in [0.05, 0.1) is 7.11 Å². The summed E-state index contributed by atoms with van der Waals surface area (Å²) < 4.78 is 5.47. The highest BCUT2D eigenvalue weighted by Gasteiger charge is 2.28. The number of hydrogen-bond donors (Lipinski definition) is 2. The van der Waals surface area contributed by atoms with Gasteiger partial charge in [0.2, 0.25) is 0 Å². The maximum Gasteiger partial charge on any atom is 0.122 e. The van der Waals surface area contributed by atoms with Gasteiger partial charge in [0.1, 0.15) is 5.75 Å². The minimum absolute atomic E-state index is 0.430. The van der Waals surface area contributed by atoms with Crippen molar-refractivity contribution in [1.29, 1.82) is 0 Å². The number of benzene rings is 1. The number of rotatable bonds is 4. The SMILES string of the molecule is CNC(c1c(C)cc(OC)c(C)c1C)C1CCNC1. The van der Waals surface area contributed by atoms with Crippen LogP contribution < -0.4 is 15.4 Å². The molecule has 0 saturated carbocycles. The molecule has 3 nitrogen and oxygen atoms in total. The van der Waals surface area contributed by atoms with E-state index in [4.69, 9.17) is 4.74 Å². The van der Waals surface area contributed by atoms with Crippen molar-refractivity contribution in [1.82, 2.24) is 10.6 Å². The van der Waals surface area contributed by atoms with Gasteiger partial charge in [-0.1, -0.05) is 0 Å². The van der Waals surface area contributed by atoms with Crippen molar-refractivity contribution >= 4 is 0 Å². The molecular formula is C16H26N2O. The van der Waals surface area contributed by atoms with Gasteiger partial charge in [-0.15, -0.1) is 0 Å². The number of ether oxygens (including phenoxy) is 1. The molecule has 3 heteroatoms. The van der Waals surface area contributed by atoms with Crippen LogP contribution in [0.2, 0.25) is 0 Å². The maximum absolute atomic E-state index is 5.47. The molecule has 1 saturated heterocycles. The quantitative estimate of drug-likeness (QED) is 0.874. The standard InChI is InChI=1S/C16H26N2O/c1-10-8-14(19-5)11(2)12(3)15(10)16(17-4)13-6-7-18-9-13/h8,13,16-18H,6-7,9H2,1-5H3. The third-order valence-corrected chi connectivity index (χ3v) is 4.52. The molecule has 106 valence electrons. The molecule has 1 fully saturated rings. The van der Waals surface area contributed by atoms with Crippen LogP contribution in [-0.2, 0) is 0 Å². The van der Waals surface area contributed by atoms with Gasteiger partial charge in [0.15, 0.2) is 0 Å². The predicted molar refractivity (Wildman–Crippen MR) is 80.0 cm³/mol. The summed E-state index contributed by atoms with van der Waals surface area (Å²) >= 11 is 0. The lowest BCUT2D eigenvalue weighted by atomic mass is 9.85. The second kappa shape index (κ2) is 5.93. The lowest BCUT2D eigenvalue weighted by Crippen LogP contribution is -2.28. The molecule has 0 bridgehead atoms. The molecule has 1 aromatic carbocycles. The van der Waals surface area contributed by atoms with E-state index in [1.54, 1.807) is 7.11 Å². The molecule has 0 amide bonds. The first kappa shape index (κ1) is 14.4. The second-order valence-electron chi connectivity index (χ2n) is 5.58. The van der Waals surface area contributed by atoms with E-state index in [9.17, 15) is 0 Å².